The number of hydrogen-bond acceptors (Lipinski definition) is 6. The second-order valence-electron chi connectivity index (χ2n) is 6.87. The van der Waals surface area contributed by atoms with E-state index < -0.39 is 18.0 Å². The fourth-order valence-electron chi connectivity index (χ4n) is 3.20. The molecule has 31 heavy (non-hydrogen) atoms. The lowest BCUT2D eigenvalue weighted by molar-refractivity contribution is -0.150. The first-order valence-electron chi connectivity index (χ1n) is 9.72. The Labute approximate surface area is 183 Å². The zero-order chi connectivity index (χ0) is 21.8. The van der Waals surface area contributed by atoms with Crippen molar-refractivity contribution >= 4 is 51.3 Å². The summed E-state index contributed by atoms with van der Waals surface area (Å²) in [5, 5.41) is 4.63. The van der Waals surface area contributed by atoms with Crippen LogP contribution in [-0.2, 0) is 14.3 Å². The van der Waals surface area contributed by atoms with Gasteiger partial charge in [0.25, 0.3) is 5.91 Å². The number of hydrogen-bond donors (Lipinski definition) is 1. The van der Waals surface area contributed by atoms with Crippen LogP contribution in [0.25, 0.3) is 21.9 Å². The van der Waals surface area contributed by atoms with Crippen LogP contribution >= 0.6 is 11.8 Å². The molecule has 1 heterocycles. The van der Waals surface area contributed by atoms with Crippen molar-refractivity contribution in [3.63, 3.8) is 0 Å². The van der Waals surface area contributed by atoms with Gasteiger partial charge in [-0.05, 0) is 31.2 Å². The highest BCUT2D eigenvalue weighted by atomic mass is 32.2. The van der Waals surface area contributed by atoms with Gasteiger partial charge in [-0.1, -0.05) is 36.4 Å². The van der Waals surface area contributed by atoms with E-state index in [4.69, 9.17) is 13.9 Å². The Morgan fingerprint density at radius 3 is 2.52 bits per heavy atom. The minimum absolute atomic E-state index is 0.121. The number of amides is 1. The minimum Gasteiger partial charge on any atom is -0.495 e. The molecule has 0 aliphatic rings. The summed E-state index contributed by atoms with van der Waals surface area (Å²) in [5.74, 6) is -0.302. The molecule has 0 saturated heterocycles. The van der Waals surface area contributed by atoms with Gasteiger partial charge in [0.1, 0.15) is 16.9 Å². The number of methoxy groups -OCH3 is 1. The van der Waals surface area contributed by atoms with Crippen LogP contribution in [0.4, 0.5) is 5.69 Å². The lowest BCUT2D eigenvalue weighted by Gasteiger charge is -2.15. The third kappa shape index (κ3) is 4.67. The number of nitrogens with one attached hydrogen (secondary N) is 1. The second-order valence-corrected chi connectivity index (χ2v) is 7.92. The maximum atomic E-state index is 12.6. The summed E-state index contributed by atoms with van der Waals surface area (Å²) in [7, 11) is 1.53. The highest BCUT2D eigenvalue weighted by Crippen LogP contribution is 2.36. The van der Waals surface area contributed by atoms with E-state index in [0.29, 0.717) is 17.0 Å². The van der Waals surface area contributed by atoms with Crippen LogP contribution in [0.2, 0.25) is 0 Å². The third-order valence-electron chi connectivity index (χ3n) is 4.73. The molecular formula is C24H21NO5S. The average Bonchev–Trinajstić information content (AvgIpc) is 3.15. The summed E-state index contributed by atoms with van der Waals surface area (Å²) in [5.41, 5.74) is 1.82. The maximum Gasteiger partial charge on any atom is 0.317 e. The van der Waals surface area contributed by atoms with Crippen molar-refractivity contribution in [2.45, 2.75) is 17.9 Å². The topological polar surface area (TPSA) is 77.8 Å². The van der Waals surface area contributed by atoms with Crippen LogP contribution < -0.4 is 10.1 Å². The number of carbonyl (C=O) groups excluding carboxylic acids is 2. The zero-order valence-electron chi connectivity index (χ0n) is 17.1. The largest absolute Gasteiger partial charge is 0.495 e. The van der Waals surface area contributed by atoms with E-state index in [-0.39, 0.29) is 5.75 Å². The second kappa shape index (κ2) is 9.14. The van der Waals surface area contributed by atoms with E-state index in [1.165, 1.54) is 25.8 Å². The number of thioether (sulfide) groups is 1. The first-order chi connectivity index (χ1) is 15.0. The van der Waals surface area contributed by atoms with Crippen molar-refractivity contribution < 1.29 is 23.5 Å². The lowest BCUT2D eigenvalue weighted by atomic mass is 10.1. The number of para-hydroxylation sites is 1. The van der Waals surface area contributed by atoms with Crippen LogP contribution in [0.15, 0.2) is 76.0 Å². The summed E-state index contributed by atoms with van der Waals surface area (Å²) >= 11 is 1.36. The average molecular weight is 436 g/mol. The number of fused-ring (bicyclic) bond motifs is 3. The van der Waals surface area contributed by atoms with E-state index in [2.05, 4.69) is 5.32 Å². The smallest absolute Gasteiger partial charge is 0.317 e. The monoisotopic (exact) mass is 435 g/mol. The molecule has 4 aromatic rings. The molecule has 4 rings (SSSR count). The fourth-order valence-corrected chi connectivity index (χ4v) is 3.90. The van der Waals surface area contributed by atoms with Crippen molar-refractivity contribution in [1.82, 2.24) is 0 Å². The van der Waals surface area contributed by atoms with Gasteiger partial charge < -0.3 is 19.2 Å². The first-order valence-corrected chi connectivity index (χ1v) is 10.7. The molecule has 1 amide bonds. The van der Waals surface area contributed by atoms with Gasteiger partial charge in [0.15, 0.2) is 6.10 Å². The molecule has 1 unspecified atom stereocenters. The molecule has 3 aromatic carbocycles. The summed E-state index contributed by atoms with van der Waals surface area (Å²) < 4.78 is 16.6. The predicted molar refractivity (Wildman–Crippen MR) is 122 cm³/mol. The molecule has 0 saturated carbocycles. The van der Waals surface area contributed by atoms with Crippen molar-refractivity contribution in [2.75, 3.05) is 18.2 Å². The van der Waals surface area contributed by atoms with Crippen LogP contribution in [-0.4, -0.2) is 30.8 Å². The number of furan rings is 1. The number of ether oxygens (including phenoxy) is 2. The molecule has 6 nitrogen and oxygen atoms in total. The Morgan fingerprint density at radius 1 is 1.00 bits per heavy atom. The Kier molecular flexibility index (Phi) is 6.13. The van der Waals surface area contributed by atoms with E-state index in [9.17, 15) is 9.59 Å². The van der Waals surface area contributed by atoms with Crippen molar-refractivity contribution in [1.29, 1.82) is 0 Å². The minimum atomic E-state index is -0.958. The quantitative estimate of drug-likeness (QED) is 0.315. The lowest BCUT2D eigenvalue weighted by Crippen LogP contribution is -2.30. The normalized spacial score (nSPS) is 11.9. The van der Waals surface area contributed by atoms with Crippen molar-refractivity contribution in [3.8, 4) is 5.75 Å². The predicted octanol–water partition coefficient (Wildman–Crippen LogP) is 5.26. The molecule has 1 aromatic heterocycles. The number of rotatable bonds is 7. The van der Waals surface area contributed by atoms with Gasteiger partial charge in [-0.25, -0.2) is 0 Å². The van der Waals surface area contributed by atoms with Gasteiger partial charge in [-0.3, -0.25) is 9.59 Å². The van der Waals surface area contributed by atoms with Gasteiger partial charge in [0.05, 0.1) is 18.6 Å². The van der Waals surface area contributed by atoms with E-state index in [0.717, 1.165) is 21.3 Å². The van der Waals surface area contributed by atoms with E-state index in [1.807, 2.05) is 60.7 Å². The Morgan fingerprint density at radius 2 is 1.74 bits per heavy atom. The van der Waals surface area contributed by atoms with Gasteiger partial charge in [0.2, 0.25) is 0 Å². The summed E-state index contributed by atoms with van der Waals surface area (Å²) in [4.78, 5) is 25.7. The molecule has 0 bridgehead atoms. The number of anilines is 1. The van der Waals surface area contributed by atoms with Gasteiger partial charge in [-0.2, -0.15) is 0 Å². The summed E-state index contributed by atoms with van der Waals surface area (Å²) in [6.45, 7) is 1.53. The zero-order valence-corrected chi connectivity index (χ0v) is 17.9. The standard InChI is InChI=1S/C24H21NO5S/c1-15(29-23(26)14-31-16-8-4-3-5-9-16)24(27)25-19-13-21-18(12-22(19)28-2)17-10-6-7-11-20(17)30-21/h3-13,15H,14H2,1-2H3,(H,25,27). The van der Waals surface area contributed by atoms with Gasteiger partial charge >= 0.3 is 5.97 Å². The molecule has 0 aliphatic heterocycles. The molecule has 0 fully saturated rings. The summed E-state index contributed by atoms with van der Waals surface area (Å²) in [6.07, 6.45) is -0.958. The fraction of sp³-hybridized carbons (Fsp3) is 0.167. The van der Waals surface area contributed by atoms with Gasteiger partial charge in [-0.15, -0.1) is 11.8 Å². The molecule has 1 N–H and O–H groups in total. The van der Waals surface area contributed by atoms with Crippen LogP contribution in [0, 0.1) is 0 Å². The Hall–Kier alpha value is -3.45. The number of benzene rings is 3. The molecule has 158 valence electrons. The van der Waals surface area contributed by atoms with E-state index in [1.54, 1.807) is 6.07 Å². The third-order valence-corrected chi connectivity index (χ3v) is 5.72. The number of carbonyl (C=O) groups is 2. The Bertz CT molecular complexity index is 1230. The van der Waals surface area contributed by atoms with Crippen LogP contribution in [0.3, 0.4) is 0 Å². The van der Waals surface area contributed by atoms with Crippen LogP contribution in [0.5, 0.6) is 5.75 Å². The molecule has 0 spiro atoms. The highest BCUT2D eigenvalue weighted by molar-refractivity contribution is 8.00. The SMILES string of the molecule is COc1cc2c(cc1NC(=O)C(C)OC(=O)CSc1ccccc1)oc1ccccc12. The summed E-state index contributed by atoms with van der Waals surface area (Å²) in [6, 6.07) is 20.8. The molecule has 0 radical (unpaired) electrons. The molecule has 7 heteroatoms. The molecule has 0 aliphatic carbocycles. The maximum absolute atomic E-state index is 12.6. The number of esters is 1. The molecular weight excluding hydrogens is 414 g/mol. The van der Waals surface area contributed by atoms with Gasteiger partial charge in [0, 0.05) is 21.7 Å². The Balaban J connectivity index is 1.44. The van der Waals surface area contributed by atoms with E-state index >= 15 is 0 Å². The molecule has 1 atom stereocenters. The first kappa shape index (κ1) is 20.8. The van der Waals surface area contributed by atoms with Crippen LogP contribution in [0.1, 0.15) is 6.92 Å². The highest BCUT2D eigenvalue weighted by Gasteiger charge is 2.20. The van der Waals surface area contributed by atoms with Crippen molar-refractivity contribution in [3.05, 3.63) is 66.7 Å². The van der Waals surface area contributed by atoms with Crippen molar-refractivity contribution in [2.24, 2.45) is 0 Å².